The van der Waals surface area contributed by atoms with Crippen LogP contribution in [0.4, 0.5) is 10.1 Å². The van der Waals surface area contributed by atoms with Crippen LogP contribution in [0.25, 0.3) is 0 Å². The van der Waals surface area contributed by atoms with Crippen molar-refractivity contribution in [3.8, 4) is 0 Å². The molecule has 6 nitrogen and oxygen atoms in total. The van der Waals surface area contributed by atoms with E-state index in [2.05, 4.69) is 34.4 Å². The van der Waals surface area contributed by atoms with Gasteiger partial charge in [0.2, 0.25) is 0 Å². The van der Waals surface area contributed by atoms with Crippen LogP contribution in [0.2, 0.25) is 0 Å². The molecule has 2 aliphatic heterocycles. The number of halogens is 1. The summed E-state index contributed by atoms with van der Waals surface area (Å²) in [5.74, 6) is 0.563. The molecule has 29 heavy (non-hydrogen) atoms. The van der Waals surface area contributed by atoms with Crippen molar-refractivity contribution in [2.75, 3.05) is 57.9 Å². The number of hydrogen-bond acceptors (Lipinski definition) is 4. The second-order valence-electron chi connectivity index (χ2n) is 8.52. The van der Waals surface area contributed by atoms with Gasteiger partial charge in [-0.15, -0.1) is 0 Å². The Hall–Kier alpha value is -1.86. The predicted molar refractivity (Wildman–Crippen MR) is 117 cm³/mol. The molecule has 2 heterocycles. The fourth-order valence-electron chi connectivity index (χ4n) is 4.04. The van der Waals surface area contributed by atoms with E-state index in [0.29, 0.717) is 25.4 Å². The van der Waals surface area contributed by atoms with Gasteiger partial charge in [-0.3, -0.25) is 9.89 Å². The summed E-state index contributed by atoms with van der Waals surface area (Å²) in [4.78, 5) is 8.92. The molecule has 1 aromatic carbocycles. The highest BCUT2D eigenvalue weighted by atomic mass is 19.1. The quantitative estimate of drug-likeness (QED) is 0.563. The molecule has 2 saturated heterocycles. The zero-order valence-electron chi connectivity index (χ0n) is 18.1. The number of guanidine groups is 1. The number of benzene rings is 1. The van der Waals surface area contributed by atoms with Gasteiger partial charge in [-0.05, 0) is 57.5 Å². The number of morpholine rings is 1. The lowest BCUT2D eigenvalue weighted by Crippen LogP contribution is -2.54. The minimum absolute atomic E-state index is 0.0734. The molecule has 2 fully saturated rings. The molecular formula is C22H36FN5O. The van der Waals surface area contributed by atoms with Crippen molar-refractivity contribution < 1.29 is 9.13 Å². The van der Waals surface area contributed by atoms with E-state index in [4.69, 9.17) is 4.74 Å². The zero-order chi connectivity index (χ0) is 20.7. The van der Waals surface area contributed by atoms with Crippen molar-refractivity contribution in [3.05, 3.63) is 29.6 Å². The first-order valence-corrected chi connectivity index (χ1v) is 10.8. The van der Waals surface area contributed by atoms with Crippen molar-refractivity contribution in [2.45, 2.75) is 45.2 Å². The molecule has 0 saturated carbocycles. The molecule has 162 valence electrons. The van der Waals surface area contributed by atoms with Gasteiger partial charge < -0.3 is 20.3 Å². The molecule has 0 atom stereocenters. The van der Waals surface area contributed by atoms with E-state index in [-0.39, 0.29) is 11.4 Å². The van der Waals surface area contributed by atoms with Gasteiger partial charge in [0.05, 0.1) is 18.9 Å². The Bertz CT molecular complexity index is 682. The molecule has 0 aliphatic carbocycles. The Morgan fingerprint density at radius 2 is 1.83 bits per heavy atom. The van der Waals surface area contributed by atoms with Gasteiger partial charge >= 0.3 is 0 Å². The summed E-state index contributed by atoms with van der Waals surface area (Å²) in [6.45, 7) is 11.0. The first-order chi connectivity index (χ1) is 14.0. The second-order valence-corrected chi connectivity index (χ2v) is 8.52. The predicted octanol–water partition coefficient (Wildman–Crippen LogP) is 2.59. The summed E-state index contributed by atoms with van der Waals surface area (Å²) in [5.41, 5.74) is 1.63. The number of nitrogens with one attached hydrogen (secondary N) is 2. The van der Waals surface area contributed by atoms with Crippen LogP contribution in [0.5, 0.6) is 0 Å². The van der Waals surface area contributed by atoms with Crippen molar-refractivity contribution >= 4 is 11.6 Å². The summed E-state index contributed by atoms with van der Waals surface area (Å²) in [6.07, 6.45) is 3.90. The average molecular weight is 406 g/mol. The number of likely N-dealkylation sites (tertiary alicyclic amines) is 1. The van der Waals surface area contributed by atoms with Crippen LogP contribution in [0, 0.1) is 5.82 Å². The Morgan fingerprint density at radius 1 is 1.10 bits per heavy atom. The van der Waals surface area contributed by atoms with Gasteiger partial charge in [-0.2, -0.15) is 0 Å². The molecule has 0 amide bonds. The molecule has 0 aromatic heterocycles. The highest BCUT2D eigenvalue weighted by molar-refractivity contribution is 5.79. The van der Waals surface area contributed by atoms with E-state index in [0.717, 1.165) is 44.2 Å². The second kappa shape index (κ2) is 10.3. The molecule has 2 aliphatic rings. The van der Waals surface area contributed by atoms with Crippen LogP contribution in [-0.2, 0) is 11.3 Å². The lowest BCUT2D eigenvalue weighted by Gasteiger charge is -2.41. The molecule has 0 radical (unpaired) electrons. The fourth-order valence-corrected chi connectivity index (χ4v) is 4.04. The third kappa shape index (κ3) is 6.06. The number of nitrogens with zero attached hydrogens (tertiary/aromatic N) is 3. The SMILES string of the molecule is CN=C(NCc1ccc(N2CCOCC2)c(F)c1)NCC(C)(C)N1CCCCC1. The lowest BCUT2D eigenvalue weighted by molar-refractivity contribution is 0.0982. The summed E-state index contributed by atoms with van der Waals surface area (Å²) in [5, 5.41) is 6.74. The Labute approximate surface area is 174 Å². The topological polar surface area (TPSA) is 52.1 Å². The lowest BCUT2D eigenvalue weighted by atomic mass is 9.98. The van der Waals surface area contributed by atoms with Gasteiger partial charge in [0.15, 0.2) is 5.96 Å². The maximum Gasteiger partial charge on any atom is 0.191 e. The molecular weight excluding hydrogens is 369 g/mol. The average Bonchev–Trinajstić information content (AvgIpc) is 2.75. The highest BCUT2D eigenvalue weighted by Gasteiger charge is 2.27. The third-order valence-electron chi connectivity index (χ3n) is 5.95. The van der Waals surface area contributed by atoms with Crippen molar-refractivity contribution in [1.29, 1.82) is 0 Å². The molecule has 7 heteroatoms. The summed E-state index contributed by atoms with van der Waals surface area (Å²) < 4.78 is 19.9. The Morgan fingerprint density at radius 3 is 2.48 bits per heavy atom. The first-order valence-electron chi connectivity index (χ1n) is 10.8. The maximum atomic E-state index is 14.6. The van der Waals surface area contributed by atoms with Crippen LogP contribution in [0.15, 0.2) is 23.2 Å². The van der Waals surface area contributed by atoms with Gasteiger partial charge in [-0.25, -0.2) is 4.39 Å². The van der Waals surface area contributed by atoms with E-state index in [1.807, 2.05) is 17.0 Å². The monoisotopic (exact) mass is 405 g/mol. The molecule has 0 unspecified atom stereocenters. The van der Waals surface area contributed by atoms with Gasteiger partial charge in [0.25, 0.3) is 0 Å². The standard InChI is InChI=1S/C22H36FN5O/c1-22(2,28-9-5-4-6-10-28)17-26-21(24-3)25-16-18-7-8-20(19(23)15-18)27-11-13-29-14-12-27/h7-8,15H,4-6,9-14,16-17H2,1-3H3,(H2,24,25,26). The smallest absolute Gasteiger partial charge is 0.191 e. The Balaban J connectivity index is 1.50. The number of ether oxygens (including phenoxy) is 1. The largest absolute Gasteiger partial charge is 0.378 e. The summed E-state index contributed by atoms with van der Waals surface area (Å²) >= 11 is 0. The highest BCUT2D eigenvalue weighted by Crippen LogP contribution is 2.22. The Kier molecular flexibility index (Phi) is 7.72. The van der Waals surface area contributed by atoms with E-state index in [9.17, 15) is 4.39 Å². The van der Waals surface area contributed by atoms with E-state index in [1.165, 1.54) is 19.3 Å². The van der Waals surface area contributed by atoms with E-state index < -0.39 is 0 Å². The van der Waals surface area contributed by atoms with Crippen molar-refractivity contribution in [3.63, 3.8) is 0 Å². The van der Waals surface area contributed by atoms with Crippen LogP contribution in [0.3, 0.4) is 0 Å². The summed E-state index contributed by atoms with van der Waals surface area (Å²) in [6, 6.07) is 5.46. The first kappa shape index (κ1) is 21.8. The van der Waals surface area contributed by atoms with Crippen LogP contribution in [0.1, 0.15) is 38.7 Å². The van der Waals surface area contributed by atoms with Crippen LogP contribution < -0.4 is 15.5 Å². The molecule has 0 spiro atoms. The van der Waals surface area contributed by atoms with Crippen LogP contribution >= 0.6 is 0 Å². The van der Waals surface area contributed by atoms with Crippen molar-refractivity contribution in [1.82, 2.24) is 15.5 Å². The normalized spacial score (nSPS) is 19.3. The molecule has 3 rings (SSSR count). The number of rotatable bonds is 6. The van der Waals surface area contributed by atoms with Crippen molar-refractivity contribution in [2.24, 2.45) is 4.99 Å². The van der Waals surface area contributed by atoms with Gasteiger partial charge in [0.1, 0.15) is 5.82 Å². The number of anilines is 1. The van der Waals surface area contributed by atoms with Gasteiger partial charge in [0, 0.05) is 38.8 Å². The number of hydrogen-bond donors (Lipinski definition) is 2. The minimum atomic E-state index is -0.180. The minimum Gasteiger partial charge on any atom is -0.378 e. The maximum absolute atomic E-state index is 14.6. The molecule has 2 N–H and O–H groups in total. The van der Waals surface area contributed by atoms with E-state index in [1.54, 1.807) is 13.1 Å². The summed E-state index contributed by atoms with van der Waals surface area (Å²) in [7, 11) is 1.77. The molecule has 0 bridgehead atoms. The van der Waals surface area contributed by atoms with E-state index >= 15 is 0 Å². The fraction of sp³-hybridized carbons (Fsp3) is 0.682. The molecule has 1 aromatic rings. The third-order valence-corrected chi connectivity index (χ3v) is 5.95. The van der Waals surface area contributed by atoms with Crippen LogP contribution in [-0.4, -0.2) is 69.4 Å². The number of aliphatic imine (C=N–C) groups is 1. The zero-order valence-corrected chi connectivity index (χ0v) is 18.1. The number of piperidine rings is 1. The van der Waals surface area contributed by atoms with Gasteiger partial charge in [-0.1, -0.05) is 12.5 Å².